The summed E-state index contributed by atoms with van der Waals surface area (Å²) in [7, 11) is 0. The Bertz CT molecular complexity index is 430. The van der Waals surface area contributed by atoms with E-state index in [0.29, 0.717) is 5.56 Å². The fraction of sp³-hybridized carbons (Fsp3) is 0.462. The third kappa shape index (κ3) is 5.11. The predicted octanol–water partition coefficient (Wildman–Crippen LogP) is 4.93. The summed E-state index contributed by atoms with van der Waals surface area (Å²) in [6, 6.07) is 8.37. The highest BCUT2D eigenvalue weighted by Crippen LogP contribution is 2.39. The number of rotatable bonds is 6. The van der Waals surface area contributed by atoms with Crippen molar-refractivity contribution in [3.8, 4) is 0 Å². The smallest absolute Gasteiger partial charge is 0.282 e. The van der Waals surface area contributed by atoms with E-state index in [0.717, 1.165) is 11.8 Å². The molecule has 0 aliphatic rings. The normalized spacial score (nSPS) is 12.4. The van der Waals surface area contributed by atoms with E-state index in [1.54, 1.807) is 30.3 Å². The van der Waals surface area contributed by atoms with E-state index in [1.165, 1.54) is 0 Å². The van der Waals surface area contributed by atoms with Crippen molar-refractivity contribution in [2.75, 3.05) is 5.75 Å². The van der Waals surface area contributed by atoms with E-state index in [4.69, 9.17) is 0 Å². The van der Waals surface area contributed by atoms with Gasteiger partial charge in [-0.05, 0) is 12.8 Å². The molecule has 7 heteroatoms. The van der Waals surface area contributed by atoms with Crippen molar-refractivity contribution < 1.29 is 26.7 Å². The molecular formula is C13H13F5OS. The second-order valence-corrected chi connectivity index (χ2v) is 5.23. The molecule has 1 rings (SSSR count). The van der Waals surface area contributed by atoms with Crippen molar-refractivity contribution in [3.05, 3.63) is 35.9 Å². The number of alkyl halides is 5. The van der Waals surface area contributed by atoms with Gasteiger partial charge in [-0.2, -0.15) is 22.0 Å². The van der Waals surface area contributed by atoms with Gasteiger partial charge in [-0.25, -0.2) is 0 Å². The van der Waals surface area contributed by atoms with E-state index < -0.39 is 18.5 Å². The number of halogens is 5. The average molecular weight is 312 g/mol. The van der Waals surface area contributed by atoms with Gasteiger partial charge in [-0.1, -0.05) is 42.1 Å². The lowest BCUT2D eigenvalue weighted by Gasteiger charge is -2.19. The zero-order valence-corrected chi connectivity index (χ0v) is 11.2. The standard InChI is InChI=1S/C13H13F5OS/c14-12(15,13(16,17)18)8-4-5-9-20-11(19)10-6-2-1-3-7-10/h1-3,6-7H,4-5,8-9H2. The van der Waals surface area contributed by atoms with Gasteiger partial charge in [-0.15, -0.1) is 0 Å². The highest BCUT2D eigenvalue weighted by atomic mass is 32.2. The topological polar surface area (TPSA) is 17.1 Å². The largest absolute Gasteiger partial charge is 0.453 e. The summed E-state index contributed by atoms with van der Waals surface area (Å²) in [4.78, 5) is 11.6. The first-order chi connectivity index (χ1) is 9.24. The number of carbonyl (C=O) groups excluding carboxylic acids is 1. The van der Waals surface area contributed by atoms with Crippen molar-refractivity contribution in [1.29, 1.82) is 0 Å². The second-order valence-electron chi connectivity index (χ2n) is 4.16. The fourth-order valence-corrected chi connectivity index (χ4v) is 2.25. The van der Waals surface area contributed by atoms with E-state index in [-0.39, 0.29) is 23.7 Å². The van der Waals surface area contributed by atoms with Crippen molar-refractivity contribution in [2.45, 2.75) is 31.4 Å². The first-order valence-corrected chi connectivity index (χ1v) is 6.89. The third-order valence-corrected chi connectivity index (χ3v) is 3.53. The molecule has 0 atom stereocenters. The lowest BCUT2D eigenvalue weighted by molar-refractivity contribution is -0.284. The SMILES string of the molecule is O=C(SCCCCC(F)(F)C(F)(F)F)c1ccccc1. The zero-order chi connectivity index (χ0) is 15.2. The molecule has 0 saturated heterocycles. The minimum Gasteiger partial charge on any atom is -0.282 e. The number of carbonyl (C=O) groups is 1. The van der Waals surface area contributed by atoms with Crippen LogP contribution in [0, 0.1) is 0 Å². The summed E-state index contributed by atoms with van der Waals surface area (Å²) in [5.41, 5.74) is 0.484. The van der Waals surface area contributed by atoms with Crippen LogP contribution in [-0.2, 0) is 0 Å². The van der Waals surface area contributed by atoms with Crippen LogP contribution < -0.4 is 0 Å². The van der Waals surface area contributed by atoms with Crippen LogP contribution in [0.5, 0.6) is 0 Å². The van der Waals surface area contributed by atoms with Crippen LogP contribution in [-0.4, -0.2) is 23.0 Å². The van der Waals surface area contributed by atoms with Crippen LogP contribution in [0.2, 0.25) is 0 Å². The molecule has 0 aliphatic heterocycles. The molecule has 0 spiro atoms. The van der Waals surface area contributed by atoms with E-state index >= 15 is 0 Å². The number of benzene rings is 1. The van der Waals surface area contributed by atoms with E-state index in [1.807, 2.05) is 0 Å². The van der Waals surface area contributed by atoms with Crippen LogP contribution in [0.4, 0.5) is 22.0 Å². The minimum atomic E-state index is -5.50. The molecule has 20 heavy (non-hydrogen) atoms. The Morgan fingerprint density at radius 1 is 1.00 bits per heavy atom. The van der Waals surface area contributed by atoms with Gasteiger partial charge in [0.2, 0.25) is 5.12 Å². The number of unbranched alkanes of at least 4 members (excludes halogenated alkanes) is 1. The summed E-state index contributed by atoms with van der Waals surface area (Å²) >= 11 is 0.923. The molecule has 0 heterocycles. The van der Waals surface area contributed by atoms with Gasteiger partial charge >= 0.3 is 12.1 Å². The summed E-state index contributed by atoms with van der Waals surface area (Å²) < 4.78 is 60.8. The number of thioether (sulfide) groups is 1. The van der Waals surface area contributed by atoms with Gasteiger partial charge < -0.3 is 0 Å². The van der Waals surface area contributed by atoms with Gasteiger partial charge in [0.25, 0.3) is 0 Å². The van der Waals surface area contributed by atoms with E-state index in [2.05, 4.69) is 0 Å². The van der Waals surface area contributed by atoms with Crippen LogP contribution >= 0.6 is 11.8 Å². The Kier molecular flexibility index (Phi) is 5.98. The van der Waals surface area contributed by atoms with Gasteiger partial charge in [0.1, 0.15) is 0 Å². The van der Waals surface area contributed by atoms with Gasteiger partial charge in [0.15, 0.2) is 0 Å². The highest BCUT2D eigenvalue weighted by Gasteiger charge is 2.56. The summed E-state index contributed by atoms with van der Waals surface area (Å²) in [5, 5.41) is -0.215. The van der Waals surface area contributed by atoms with Crippen molar-refractivity contribution >= 4 is 16.9 Å². The molecule has 112 valence electrons. The fourth-order valence-electron chi connectivity index (χ4n) is 1.41. The maximum Gasteiger partial charge on any atom is 0.453 e. The van der Waals surface area contributed by atoms with Gasteiger partial charge in [0.05, 0.1) is 0 Å². The molecule has 0 N–H and O–H groups in total. The summed E-state index contributed by atoms with van der Waals surface area (Å²) in [6.45, 7) is 0. The average Bonchev–Trinajstić information content (AvgIpc) is 2.37. The molecule has 1 aromatic carbocycles. The Labute approximate surface area is 117 Å². The molecule has 0 saturated carbocycles. The minimum absolute atomic E-state index is 0.134. The highest BCUT2D eigenvalue weighted by molar-refractivity contribution is 8.14. The summed E-state index contributed by atoms with van der Waals surface area (Å²) in [5.74, 6) is -4.43. The number of hydrogen-bond donors (Lipinski definition) is 0. The maximum absolute atomic E-state index is 12.6. The molecule has 0 radical (unpaired) electrons. The quantitative estimate of drug-likeness (QED) is 0.547. The lowest BCUT2D eigenvalue weighted by atomic mass is 10.1. The number of hydrogen-bond acceptors (Lipinski definition) is 2. The predicted molar refractivity (Wildman–Crippen MR) is 68.1 cm³/mol. The van der Waals surface area contributed by atoms with Crippen LogP contribution in [0.25, 0.3) is 0 Å². The first kappa shape index (κ1) is 16.9. The third-order valence-electron chi connectivity index (χ3n) is 2.54. The van der Waals surface area contributed by atoms with E-state index in [9.17, 15) is 26.7 Å². The Morgan fingerprint density at radius 2 is 1.60 bits per heavy atom. The van der Waals surface area contributed by atoms with Crippen molar-refractivity contribution in [2.24, 2.45) is 0 Å². The molecule has 0 aliphatic carbocycles. The van der Waals surface area contributed by atoms with Crippen LogP contribution in [0.3, 0.4) is 0 Å². The Balaban J connectivity index is 2.25. The monoisotopic (exact) mass is 312 g/mol. The summed E-state index contributed by atoms with van der Waals surface area (Å²) in [6.07, 6.45) is -6.88. The van der Waals surface area contributed by atoms with Crippen LogP contribution in [0.15, 0.2) is 30.3 Å². The zero-order valence-electron chi connectivity index (χ0n) is 10.4. The van der Waals surface area contributed by atoms with Crippen LogP contribution in [0.1, 0.15) is 29.6 Å². The lowest BCUT2D eigenvalue weighted by Crippen LogP contribution is -2.36. The molecule has 0 unspecified atom stereocenters. The maximum atomic E-state index is 12.6. The molecule has 0 aromatic heterocycles. The Hall–Kier alpha value is -1.11. The molecule has 0 bridgehead atoms. The second kappa shape index (κ2) is 7.06. The molecule has 1 nitrogen and oxygen atoms in total. The molecule has 1 aromatic rings. The van der Waals surface area contributed by atoms with Gasteiger partial charge in [0, 0.05) is 17.7 Å². The Morgan fingerprint density at radius 3 is 2.15 bits per heavy atom. The molecule has 0 fully saturated rings. The van der Waals surface area contributed by atoms with Crippen molar-refractivity contribution in [3.63, 3.8) is 0 Å². The van der Waals surface area contributed by atoms with Crippen molar-refractivity contribution in [1.82, 2.24) is 0 Å². The first-order valence-electron chi connectivity index (χ1n) is 5.91. The molecular weight excluding hydrogens is 299 g/mol. The van der Waals surface area contributed by atoms with Gasteiger partial charge in [-0.3, -0.25) is 4.79 Å². The molecule has 0 amide bonds.